The van der Waals surface area contributed by atoms with E-state index in [1.807, 2.05) is 11.0 Å². The minimum atomic E-state index is 0.222. The fourth-order valence-electron chi connectivity index (χ4n) is 1.95. The number of rotatable bonds is 4. The predicted octanol–water partition coefficient (Wildman–Crippen LogP) is 2.16. The van der Waals surface area contributed by atoms with Crippen molar-refractivity contribution in [1.82, 2.24) is 9.88 Å². The number of halogens is 1. The quantitative estimate of drug-likeness (QED) is 0.895. The molecule has 5 heteroatoms. The zero-order chi connectivity index (χ0) is 12.1. The van der Waals surface area contributed by atoms with Crippen LogP contribution >= 0.6 is 11.6 Å². The van der Waals surface area contributed by atoms with Gasteiger partial charge in [-0.15, -0.1) is 0 Å². The number of pyridine rings is 1. The van der Waals surface area contributed by atoms with Gasteiger partial charge in [-0.25, -0.2) is 0 Å². The first-order valence-electron chi connectivity index (χ1n) is 5.88. The summed E-state index contributed by atoms with van der Waals surface area (Å²) in [5.74, 6) is 0.222. The fraction of sp³-hybridized carbons (Fsp3) is 0.500. The normalized spacial score (nSPS) is 15.0. The number of aromatic nitrogens is 1. The molecule has 1 aliphatic rings. The van der Waals surface area contributed by atoms with Crippen molar-refractivity contribution in [3.05, 3.63) is 23.5 Å². The Morgan fingerprint density at radius 1 is 1.47 bits per heavy atom. The topological polar surface area (TPSA) is 45.2 Å². The van der Waals surface area contributed by atoms with Crippen molar-refractivity contribution < 1.29 is 4.79 Å². The van der Waals surface area contributed by atoms with Gasteiger partial charge in [0.25, 0.3) is 0 Å². The lowest BCUT2D eigenvalue weighted by molar-refractivity contribution is -0.129. The Balaban J connectivity index is 1.76. The molecule has 17 heavy (non-hydrogen) atoms. The third-order valence-corrected chi connectivity index (χ3v) is 3.19. The molecule has 1 amide bonds. The third-order valence-electron chi connectivity index (χ3n) is 2.89. The van der Waals surface area contributed by atoms with Crippen molar-refractivity contribution in [2.75, 3.05) is 25.0 Å². The smallest absolute Gasteiger partial charge is 0.224 e. The summed E-state index contributed by atoms with van der Waals surface area (Å²) in [7, 11) is 0. The Bertz CT molecular complexity index is 391. The van der Waals surface area contributed by atoms with Gasteiger partial charge in [-0.2, -0.15) is 0 Å². The molecule has 1 aliphatic heterocycles. The molecule has 2 rings (SSSR count). The predicted molar refractivity (Wildman–Crippen MR) is 68.2 cm³/mol. The minimum Gasteiger partial charge on any atom is -0.383 e. The first kappa shape index (κ1) is 12.2. The molecular formula is C12H16ClN3O. The summed E-state index contributed by atoms with van der Waals surface area (Å²) in [6, 6.07) is 1.81. The van der Waals surface area contributed by atoms with Gasteiger partial charge in [0.05, 0.1) is 10.7 Å². The second-order valence-electron chi connectivity index (χ2n) is 4.12. The lowest BCUT2D eigenvalue weighted by Crippen LogP contribution is -2.29. The zero-order valence-electron chi connectivity index (χ0n) is 9.66. The van der Waals surface area contributed by atoms with E-state index < -0.39 is 0 Å². The molecule has 0 aromatic carbocycles. The van der Waals surface area contributed by atoms with Crippen LogP contribution in [0.3, 0.4) is 0 Å². The van der Waals surface area contributed by atoms with E-state index >= 15 is 0 Å². The molecule has 4 nitrogen and oxygen atoms in total. The van der Waals surface area contributed by atoms with Gasteiger partial charge < -0.3 is 10.2 Å². The number of anilines is 1. The summed E-state index contributed by atoms with van der Waals surface area (Å²) in [4.78, 5) is 17.6. The first-order chi connectivity index (χ1) is 8.27. The SMILES string of the molecule is O=C(CCNc1ccncc1Cl)N1CCCC1. The van der Waals surface area contributed by atoms with Crippen LogP contribution in [0, 0.1) is 0 Å². The molecule has 2 heterocycles. The van der Waals surface area contributed by atoms with Gasteiger partial charge in [-0.05, 0) is 18.9 Å². The van der Waals surface area contributed by atoms with Crippen molar-refractivity contribution in [3.63, 3.8) is 0 Å². The van der Waals surface area contributed by atoms with Crippen molar-refractivity contribution in [3.8, 4) is 0 Å². The number of amides is 1. The van der Waals surface area contributed by atoms with Crippen LogP contribution in [0.15, 0.2) is 18.5 Å². The van der Waals surface area contributed by atoms with E-state index in [2.05, 4.69) is 10.3 Å². The first-order valence-corrected chi connectivity index (χ1v) is 6.26. The van der Waals surface area contributed by atoms with E-state index in [4.69, 9.17) is 11.6 Å². The number of nitrogens with zero attached hydrogens (tertiary/aromatic N) is 2. The number of carbonyl (C=O) groups is 1. The zero-order valence-corrected chi connectivity index (χ0v) is 10.4. The molecule has 1 N–H and O–H groups in total. The highest BCUT2D eigenvalue weighted by Crippen LogP contribution is 2.19. The van der Waals surface area contributed by atoms with Gasteiger partial charge in [-0.3, -0.25) is 9.78 Å². The molecule has 0 spiro atoms. The Kier molecular flexibility index (Phi) is 4.20. The third kappa shape index (κ3) is 3.33. The molecule has 0 unspecified atom stereocenters. The summed E-state index contributed by atoms with van der Waals surface area (Å²) in [6.45, 7) is 2.43. The standard InChI is InChI=1S/C12H16ClN3O/c13-10-9-14-5-3-11(10)15-6-4-12(17)16-7-1-2-8-16/h3,5,9H,1-2,4,6-8H2,(H,14,15). The van der Waals surface area contributed by atoms with Crippen LogP contribution in [-0.2, 0) is 4.79 Å². The molecule has 1 aromatic heterocycles. The van der Waals surface area contributed by atoms with Gasteiger partial charge in [0, 0.05) is 38.4 Å². The average molecular weight is 254 g/mol. The highest BCUT2D eigenvalue weighted by atomic mass is 35.5. The molecule has 0 atom stereocenters. The Hall–Kier alpha value is -1.29. The maximum Gasteiger partial charge on any atom is 0.224 e. The van der Waals surface area contributed by atoms with Crippen molar-refractivity contribution in [1.29, 1.82) is 0 Å². The molecular weight excluding hydrogens is 238 g/mol. The maximum atomic E-state index is 11.8. The number of carbonyl (C=O) groups excluding carboxylic acids is 1. The number of likely N-dealkylation sites (tertiary alicyclic amines) is 1. The van der Waals surface area contributed by atoms with E-state index in [9.17, 15) is 4.79 Å². The average Bonchev–Trinajstić information content (AvgIpc) is 2.85. The molecule has 1 fully saturated rings. The summed E-state index contributed by atoms with van der Waals surface area (Å²) in [5, 5.41) is 3.73. The van der Waals surface area contributed by atoms with E-state index in [0.29, 0.717) is 18.0 Å². The highest BCUT2D eigenvalue weighted by molar-refractivity contribution is 6.33. The molecule has 1 saturated heterocycles. The van der Waals surface area contributed by atoms with Crippen LogP contribution in [0.4, 0.5) is 5.69 Å². The maximum absolute atomic E-state index is 11.8. The lowest BCUT2D eigenvalue weighted by atomic mass is 10.3. The largest absolute Gasteiger partial charge is 0.383 e. The molecule has 0 saturated carbocycles. The molecule has 0 bridgehead atoms. The summed E-state index contributed by atoms with van der Waals surface area (Å²) in [5.41, 5.74) is 0.830. The Morgan fingerprint density at radius 3 is 2.94 bits per heavy atom. The number of hydrogen-bond donors (Lipinski definition) is 1. The second-order valence-corrected chi connectivity index (χ2v) is 4.53. The van der Waals surface area contributed by atoms with Crippen molar-refractivity contribution >= 4 is 23.2 Å². The van der Waals surface area contributed by atoms with E-state index in [1.54, 1.807) is 12.4 Å². The van der Waals surface area contributed by atoms with E-state index in [0.717, 1.165) is 31.6 Å². The monoisotopic (exact) mass is 253 g/mol. The second kappa shape index (κ2) is 5.87. The fourth-order valence-corrected chi connectivity index (χ4v) is 2.13. The molecule has 92 valence electrons. The van der Waals surface area contributed by atoms with Gasteiger partial charge in [0.2, 0.25) is 5.91 Å². The summed E-state index contributed by atoms with van der Waals surface area (Å²) in [6.07, 6.45) is 6.05. The highest BCUT2D eigenvalue weighted by Gasteiger charge is 2.16. The van der Waals surface area contributed by atoms with E-state index in [-0.39, 0.29) is 5.91 Å². The van der Waals surface area contributed by atoms with Crippen molar-refractivity contribution in [2.45, 2.75) is 19.3 Å². The molecule has 0 aliphatic carbocycles. The number of hydrogen-bond acceptors (Lipinski definition) is 3. The van der Waals surface area contributed by atoms with Gasteiger partial charge >= 0.3 is 0 Å². The Labute approximate surface area is 106 Å². The molecule has 1 aromatic rings. The summed E-state index contributed by atoms with van der Waals surface area (Å²) < 4.78 is 0. The van der Waals surface area contributed by atoms with Gasteiger partial charge in [0.1, 0.15) is 0 Å². The van der Waals surface area contributed by atoms with Gasteiger partial charge in [-0.1, -0.05) is 11.6 Å². The van der Waals surface area contributed by atoms with Gasteiger partial charge in [0.15, 0.2) is 0 Å². The number of nitrogens with one attached hydrogen (secondary N) is 1. The minimum absolute atomic E-state index is 0.222. The van der Waals surface area contributed by atoms with Crippen LogP contribution in [-0.4, -0.2) is 35.4 Å². The van der Waals surface area contributed by atoms with Crippen LogP contribution in [0.25, 0.3) is 0 Å². The van der Waals surface area contributed by atoms with Crippen LogP contribution in [0.1, 0.15) is 19.3 Å². The van der Waals surface area contributed by atoms with Crippen LogP contribution in [0.5, 0.6) is 0 Å². The van der Waals surface area contributed by atoms with Crippen molar-refractivity contribution in [2.24, 2.45) is 0 Å². The van der Waals surface area contributed by atoms with Crippen LogP contribution < -0.4 is 5.32 Å². The molecule has 0 radical (unpaired) electrons. The summed E-state index contributed by atoms with van der Waals surface area (Å²) >= 11 is 5.95. The van der Waals surface area contributed by atoms with Crippen LogP contribution in [0.2, 0.25) is 5.02 Å². The Morgan fingerprint density at radius 2 is 2.24 bits per heavy atom. The van der Waals surface area contributed by atoms with E-state index in [1.165, 1.54) is 0 Å². The lowest BCUT2D eigenvalue weighted by Gasteiger charge is -2.15.